The third-order valence-electron chi connectivity index (χ3n) is 5.15. The summed E-state index contributed by atoms with van der Waals surface area (Å²) in [6.07, 6.45) is 6.60. The summed E-state index contributed by atoms with van der Waals surface area (Å²) in [6, 6.07) is 7.94. The van der Waals surface area contributed by atoms with Gasteiger partial charge in [-0.05, 0) is 43.0 Å². The molecule has 2 aromatic rings. The van der Waals surface area contributed by atoms with Crippen molar-refractivity contribution in [3.8, 4) is 0 Å². The van der Waals surface area contributed by atoms with Gasteiger partial charge in [0.15, 0.2) is 5.96 Å². The zero-order valence-corrected chi connectivity index (χ0v) is 20.4. The molecule has 1 aliphatic heterocycles. The van der Waals surface area contributed by atoms with Crippen LogP contribution in [0.3, 0.4) is 0 Å². The van der Waals surface area contributed by atoms with Crippen LogP contribution in [0.1, 0.15) is 50.2 Å². The molecule has 1 aromatic carbocycles. The molecule has 1 aromatic heterocycles. The monoisotopic (exact) mass is 524 g/mol. The van der Waals surface area contributed by atoms with Crippen LogP contribution in [0.2, 0.25) is 0 Å². The number of aryl methyl sites for hydroxylation is 1. The van der Waals surface area contributed by atoms with Crippen LogP contribution < -0.4 is 10.6 Å². The highest BCUT2D eigenvalue weighted by molar-refractivity contribution is 14.0. The Morgan fingerprint density at radius 2 is 2.03 bits per heavy atom. The molecule has 2 heterocycles. The number of aliphatic imine (C=N–C) groups is 1. The maximum atomic E-state index is 11.7. The van der Waals surface area contributed by atoms with E-state index in [0.717, 1.165) is 49.7 Å². The molecule has 164 valence electrons. The van der Waals surface area contributed by atoms with Crippen molar-refractivity contribution in [3.05, 3.63) is 47.8 Å². The van der Waals surface area contributed by atoms with Gasteiger partial charge in [0, 0.05) is 50.9 Å². The summed E-state index contributed by atoms with van der Waals surface area (Å²) in [4.78, 5) is 18.9. The number of halogens is 1. The Labute approximate surface area is 196 Å². The average molecular weight is 524 g/mol. The second-order valence-corrected chi connectivity index (χ2v) is 7.54. The molecule has 1 amide bonds. The standard InChI is InChI=1S/C22H32N6O.HI/c1-4-6-21(29)26-20-9-7-17(8-10-20)13-24-22(23-5-2)28-12-11-18(16-28)19-14-25-27(3)15-19;/h7-10,14-15,18H,4-6,11-13,16H2,1-3H3,(H,23,24)(H,26,29);1H. The van der Waals surface area contributed by atoms with Gasteiger partial charge in [0.25, 0.3) is 0 Å². The largest absolute Gasteiger partial charge is 0.357 e. The Morgan fingerprint density at radius 3 is 2.67 bits per heavy atom. The highest BCUT2D eigenvalue weighted by atomic mass is 127. The van der Waals surface area contributed by atoms with Gasteiger partial charge in [-0.15, -0.1) is 24.0 Å². The van der Waals surface area contributed by atoms with Crippen LogP contribution >= 0.6 is 24.0 Å². The molecule has 1 fully saturated rings. The molecule has 1 atom stereocenters. The minimum Gasteiger partial charge on any atom is -0.357 e. The first-order valence-electron chi connectivity index (χ1n) is 10.5. The SMILES string of the molecule is CCCC(=O)Nc1ccc(CN=C(NCC)N2CCC(c3cnn(C)c3)C2)cc1.I. The van der Waals surface area contributed by atoms with Crippen molar-refractivity contribution in [3.63, 3.8) is 0 Å². The topological polar surface area (TPSA) is 74.6 Å². The predicted molar refractivity (Wildman–Crippen MR) is 132 cm³/mol. The number of carbonyl (C=O) groups is 1. The average Bonchev–Trinajstić information content (AvgIpc) is 3.35. The maximum Gasteiger partial charge on any atom is 0.224 e. The molecule has 3 rings (SSSR count). The number of rotatable bonds is 7. The highest BCUT2D eigenvalue weighted by Gasteiger charge is 2.26. The van der Waals surface area contributed by atoms with Gasteiger partial charge in [0.05, 0.1) is 12.7 Å². The number of guanidine groups is 1. The van der Waals surface area contributed by atoms with E-state index in [9.17, 15) is 4.79 Å². The fraction of sp³-hybridized carbons (Fsp3) is 0.500. The molecule has 0 aliphatic carbocycles. The Balaban J connectivity index is 0.00000320. The van der Waals surface area contributed by atoms with E-state index < -0.39 is 0 Å². The first kappa shape index (κ1) is 24.2. The molecule has 7 nitrogen and oxygen atoms in total. The van der Waals surface area contributed by atoms with Gasteiger partial charge >= 0.3 is 0 Å². The summed E-state index contributed by atoms with van der Waals surface area (Å²) < 4.78 is 1.87. The van der Waals surface area contributed by atoms with Gasteiger partial charge in [0.2, 0.25) is 5.91 Å². The van der Waals surface area contributed by atoms with Crippen LogP contribution in [-0.2, 0) is 18.4 Å². The van der Waals surface area contributed by atoms with Crippen molar-refractivity contribution in [1.82, 2.24) is 20.0 Å². The molecule has 2 N–H and O–H groups in total. The Bertz CT molecular complexity index is 832. The Hall–Kier alpha value is -2.10. The van der Waals surface area contributed by atoms with Gasteiger partial charge in [0.1, 0.15) is 0 Å². The summed E-state index contributed by atoms with van der Waals surface area (Å²) in [5.74, 6) is 1.52. The van der Waals surface area contributed by atoms with Crippen molar-refractivity contribution >= 4 is 41.5 Å². The van der Waals surface area contributed by atoms with Crippen LogP contribution in [0, 0.1) is 0 Å². The van der Waals surface area contributed by atoms with Crippen LogP contribution in [0.25, 0.3) is 0 Å². The van der Waals surface area contributed by atoms with E-state index >= 15 is 0 Å². The second kappa shape index (κ2) is 11.9. The lowest BCUT2D eigenvalue weighted by Gasteiger charge is -2.21. The number of nitrogens with zero attached hydrogens (tertiary/aromatic N) is 4. The van der Waals surface area contributed by atoms with Crippen molar-refractivity contribution in [1.29, 1.82) is 0 Å². The molecule has 8 heteroatoms. The third kappa shape index (κ3) is 6.72. The van der Waals surface area contributed by atoms with E-state index in [1.807, 2.05) is 49.1 Å². The number of hydrogen-bond acceptors (Lipinski definition) is 3. The summed E-state index contributed by atoms with van der Waals surface area (Å²) in [7, 11) is 1.96. The number of nitrogens with one attached hydrogen (secondary N) is 2. The van der Waals surface area contributed by atoms with Crippen molar-refractivity contribution < 1.29 is 4.79 Å². The van der Waals surface area contributed by atoms with Gasteiger partial charge in [-0.3, -0.25) is 9.48 Å². The van der Waals surface area contributed by atoms with Gasteiger partial charge in [-0.2, -0.15) is 5.10 Å². The summed E-state index contributed by atoms with van der Waals surface area (Å²) in [6.45, 7) is 7.50. The van der Waals surface area contributed by atoms with Crippen LogP contribution in [0.5, 0.6) is 0 Å². The first-order chi connectivity index (χ1) is 14.1. The molecule has 0 radical (unpaired) electrons. The lowest BCUT2D eigenvalue weighted by Crippen LogP contribution is -2.40. The van der Waals surface area contributed by atoms with E-state index in [1.54, 1.807) is 0 Å². The van der Waals surface area contributed by atoms with E-state index in [2.05, 4.69) is 33.8 Å². The number of likely N-dealkylation sites (tertiary alicyclic amines) is 1. The lowest BCUT2D eigenvalue weighted by atomic mass is 10.0. The quantitative estimate of drug-likeness (QED) is 0.329. The smallest absolute Gasteiger partial charge is 0.224 e. The molecular weight excluding hydrogens is 491 g/mol. The molecule has 0 bridgehead atoms. The maximum absolute atomic E-state index is 11.7. The fourth-order valence-electron chi connectivity index (χ4n) is 3.61. The minimum atomic E-state index is 0. The van der Waals surface area contributed by atoms with E-state index in [0.29, 0.717) is 18.9 Å². The minimum absolute atomic E-state index is 0. The normalized spacial score (nSPS) is 16.3. The van der Waals surface area contributed by atoms with Crippen molar-refractivity contribution in [2.24, 2.45) is 12.0 Å². The predicted octanol–water partition coefficient (Wildman–Crippen LogP) is 3.73. The molecular formula is C22H33IN6O. The zero-order chi connectivity index (χ0) is 20.6. The van der Waals surface area contributed by atoms with Gasteiger partial charge in [-0.25, -0.2) is 4.99 Å². The lowest BCUT2D eigenvalue weighted by molar-refractivity contribution is -0.116. The van der Waals surface area contributed by atoms with Crippen molar-refractivity contribution in [2.45, 2.75) is 45.6 Å². The number of carbonyl (C=O) groups excluding carboxylic acids is 1. The summed E-state index contributed by atoms with van der Waals surface area (Å²) in [5, 5.41) is 10.6. The van der Waals surface area contributed by atoms with E-state index in [-0.39, 0.29) is 29.9 Å². The van der Waals surface area contributed by atoms with Crippen LogP contribution in [-0.4, -0.2) is 46.2 Å². The summed E-state index contributed by atoms with van der Waals surface area (Å²) in [5.41, 5.74) is 3.25. The number of aromatic nitrogens is 2. The summed E-state index contributed by atoms with van der Waals surface area (Å²) >= 11 is 0. The van der Waals surface area contributed by atoms with Crippen molar-refractivity contribution in [2.75, 3.05) is 25.0 Å². The molecule has 1 unspecified atom stereocenters. The molecule has 30 heavy (non-hydrogen) atoms. The van der Waals surface area contributed by atoms with E-state index in [1.165, 1.54) is 5.56 Å². The number of benzene rings is 1. The first-order valence-corrected chi connectivity index (χ1v) is 10.5. The van der Waals surface area contributed by atoms with E-state index in [4.69, 9.17) is 4.99 Å². The molecule has 1 aliphatic rings. The Kier molecular flexibility index (Phi) is 9.61. The number of hydrogen-bond donors (Lipinski definition) is 2. The van der Waals surface area contributed by atoms with Gasteiger partial charge < -0.3 is 15.5 Å². The second-order valence-electron chi connectivity index (χ2n) is 7.54. The Morgan fingerprint density at radius 1 is 1.27 bits per heavy atom. The highest BCUT2D eigenvalue weighted by Crippen LogP contribution is 2.26. The number of anilines is 1. The molecule has 0 spiro atoms. The molecule has 1 saturated heterocycles. The third-order valence-corrected chi connectivity index (χ3v) is 5.15. The van der Waals surface area contributed by atoms with Gasteiger partial charge in [-0.1, -0.05) is 19.1 Å². The molecule has 0 saturated carbocycles. The number of amides is 1. The van der Waals surface area contributed by atoms with Crippen LogP contribution in [0.4, 0.5) is 5.69 Å². The fourth-order valence-corrected chi connectivity index (χ4v) is 3.61. The van der Waals surface area contributed by atoms with Crippen LogP contribution in [0.15, 0.2) is 41.7 Å². The zero-order valence-electron chi connectivity index (χ0n) is 18.1.